The van der Waals surface area contributed by atoms with Crippen molar-refractivity contribution in [2.24, 2.45) is 0 Å². The van der Waals surface area contributed by atoms with Gasteiger partial charge >= 0.3 is 0 Å². The molecule has 28 heavy (non-hydrogen) atoms. The number of aromatic nitrogens is 2. The van der Waals surface area contributed by atoms with Crippen LogP contribution in [0.3, 0.4) is 0 Å². The van der Waals surface area contributed by atoms with Gasteiger partial charge in [-0.05, 0) is 30.7 Å². The molecule has 0 spiro atoms. The Morgan fingerprint density at radius 2 is 1.93 bits per heavy atom. The molecule has 0 atom stereocenters. The molecule has 1 heterocycles. The fourth-order valence-electron chi connectivity index (χ4n) is 2.92. The molecule has 0 fully saturated rings. The monoisotopic (exact) mass is 376 g/mol. The van der Waals surface area contributed by atoms with E-state index in [2.05, 4.69) is 10.3 Å². The Kier molecular flexibility index (Phi) is 6.57. The summed E-state index contributed by atoms with van der Waals surface area (Å²) in [5.41, 5.74) is 2.27. The van der Waals surface area contributed by atoms with Crippen molar-refractivity contribution in [2.75, 3.05) is 11.9 Å². The number of amides is 2. The lowest BCUT2D eigenvalue weighted by atomic mass is 10.1. The number of carbonyl (C=O) groups is 2. The molecule has 3 aromatic rings. The number of benzene rings is 2. The van der Waals surface area contributed by atoms with Crippen LogP contribution in [0.4, 0.5) is 5.69 Å². The van der Waals surface area contributed by atoms with Crippen LogP contribution in [-0.4, -0.2) is 32.8 Å². The maximum Gasteiger partial charge on any atom is 0.254 e. The Labute approximate surface area is 164 Å². The molecule has 6 nitrogen and oxygen atoms in total. The van der Waals surface area contributed by atoms with Crippen LogP contribution in [0.25, 0.3) is 0 Å². The van der Waals surface area contributed by atoms with E-state index in [9.17, 15) is 9.59 Å². The lowest BCUT2D eigenvalue weighted by Gasteiger charge is -2.21. The van der Waals surface area contributed by atoms with Crippen molar-refractivity contribution >= 4 is 17.5 Å². The SMILES string of the molecule is CCN(Cc1ccccc1)C(=O)c1cccc(NC(=O)CCn2ccnc2)c1. The summed E-state index contributed by atoms with van der Waals surface area (Å²) in [6.45, 7) is 3.68. The fourth-order valence-corrected chi connectivity index (χ4v) is 2.92. The number of rotatable bonds is 8. The molecule has 0 unspecified atom stereocenters. The lowest BCUT2D eigenvalue weighted by molar-refractivity contribution is -0.116. The van der Waals surface area contributed by atoms with Crippen molar-refractivity contribution in [3.05, 3.63) is 84.4 Å². The number of nitrogens with zero attached hydrogens (tertiary/aromatic N) is 3. The zero-order chi connectivity index (χ0) is 19.8. The van der Waals surface area contributed by atoms with Gasteiger partial charge in [0.2, 0.25) is 5.91 Å². The van der Waals surface area contributed by atoms with Crippen LogP contribution in [0, 0.1) is 0 Å². The van der Waals surface area contributed by atoms with Gasteiger partial charge in [0.05, 0.1) is 6.33 Å². The Morgan fingerprint density at radius 3 is 2.64 bits per heavy atom. The minimum atomic E-state index is -0.102. The van der Waals surface area contributed by atoms with Gasteiger partial charge in [-0.2, -0.15) is 0 Å². The molecule has 0 aliphatic rings. The van der Waals surface area contributed by atoms with Crippen molar-refractivity contribution in [3.8, 4) is 0 Å². The summed E-state index contributed by atoms with van der Waals surface area (Å²) >= 11 is 0. The Hall–Kier alpha value is -3.41. The number of aryl methyl sites for hydroxylation is 1. The molecule has 2 amide bonds. The molecule has 1 N–H and O–H groups in total. The van der Waals surface area contributed by atoms with Crippen LogP contribution in [0.15, 0.2) is 73.3 Å². The standard InChI is InChI=1S/C22H24N4O2/c1-2-26(16-18-7-4-3-5-8-18)22(28)19-9-6-10-20(15-19)24-21(27)11-13-25-14-12-23-17-25/h3-10,12,14-15,17H,2,11,13,16H2,1H3,(H,24,27). The third kappa shape index (κ3) is 5.30. The number of imidazole rings is 1. The Balaban J connectivity index is 1.62. The normalized spacial score (nSPS) is 10.5. The highest BCUT2D eigenvalue weighted by atomic mass is 16.2. The fraction of sp³-hybridized carbons (Fsp3) is 0.227. The molecule has 6 heteroatoms. The van der Waals surface area contributed by atoms with Crippen molar-refractivity contribution in [2.45, 2.75) is 26.4 Å². The van der Waals surface area contributed by atoms with Gasteiger partial charge in [0.1, 0.15) is 0 Å². The summed E-state index contributed by atoms with van der Waals surface area (Å²) in [5, 5.41) is 2.86. The Morgan fingerprint density at radius 1 is 1.11 bits per heavy atom. The van der Waals surface area contributed by atoms with E-state index in [1.165, 1.54) is 0 Å². The summed E-state index contributed by atoms with van der Waals surface area (Å²) in [7, 11) is 0. The van der Waals surface area contributed by atoms with Crippen LogP contribution in [0.2, 0.25) is 0 Å². The van der Waals surface area contributed by atoms with Gasteiger partial charge in [0.25, 0.3) is 5.91 Å². The minimum Gasteiger partial charge on any atom is -0.337 e. The number of hydrogen-bond acceptors (Lipinski definition) is 3. The highest BCUT2D eigenvalue weighted by Gasteiger charge is 2.15. The number of anilines is 1. The average molecular weight is 376 g/mol. The largest absolute Gasteiger partial charge is 0.337 e. The minimum absolute atomic E-state index is 0.0548. The molecule has 2 aromatic carbocycles. The number of carbonyl (C=O) groups excluding carboxylic acids is 2. The van der Waals surface area contributed by atoms with E-state index in [4.69, 9.17) is 0 Å². The average Bonchev–Trinajstić information content (AvgIpc) is 3.25. The molecular weight excluding hydrogens is 352 g/mol. The second-order valence-corrected chi connectivity index (χ2v) is 6.48. The third-order valence-corrected chi connectivity index (χ3v) is 4.43. The van der Waals surface area contributed by atoms with Crippen molar-refractivity contribution in [1.82, 2.24) is 14.5 Å². The predicted molar refractivity (Wildman–Crippen MR) is 109 cm³/mol. The first-order valence-electron chi connectivity index (χ1n) is 9.34. The molecule has 0 aliphatic heterocycles. The molecule has 0 bridgehead atoms. The summed E-state index contributed by atoms with van der Waals surface area (Å²) in [4.78, 5) is 30.8. The first-order valence-corrected chi connectivity index (χ1v) is 9.34. The zero-order valence-electron chi connectivity index (χ0n) is 15.9. The highest BCUT2D eigenvalue weighted by Crippen LogP contribution is 2.15. The number of hydrogen-bond donors (Lipinski definition) is 1. The van der Waals surface area contributed by atoms with Crippen LogP contribution < -0.4 is 5.32 Å². The third-order valence-electron chi connectivity index (χ3n) is 4.43. The van der Waals surface area contributed by atoms with Gasteiger partial charge in [-0.3, -0.25) is 9.59 Å². The van der Waals surface area contributed by atoms with Crippen LogP contribution in [0.5, 0.6) is 0 Å². The van der Waals surface area contributed by atoms with Crippen molar-refractivity contribution in [1.29, 1.82) is 0 Å². The second kappa shape index (κ2) is 9.50. The molecule has 1 aromatic heterocycles. The molecule has 0 saturated heterocycles. The van der Waals surface area contributed by atoms with E-state index in [-0.39, 0.29) is 11.8 Å². The number of nitrogens with one attached hydrogen (secondary N) is 1. The van der Waals surface area contributed by atoms with E-state index >= 15 is 0 Å². The van der Waals surface area contributed by atoms with Gasteiger partial charge in [0.15, 0.2) is 0 Å². The summed E-state index contributed by atoms with van der Waals surface area (Å²) < 4.78 is 1.85. The molecular formula is C22H24N4O2. The van der Waals surface area contributed by atoms with Crippen molar-refractivity contribution in [3.63, 3.8) is 0 Å². The van der Waals surface area contributed by atoms with Gasteiger partial charge in [-0.25, -0.2) is 4.98 Å². The second-order valence-electron chi connectivity index (χ2n) is 6.48. The smallest absolute Gasteiger partial charge is 0.254 e. The van der Waals surface area contributed by atoms with E-state index in [0.29, 0.717) is 37.3 Å². The van der Waals surface area contributed by atoms with Gasteiger partial charge in [-0.1, -0.05) is 36.4 Å². The molecule has 0 radical (unpaired) electrons. The topological polar surface area (TPSA) is 67.2 Å². The summed E-state index contributed by atoms with van der Waals surface area (Å²) in [5.74, 6) is -0.157. The van der Waals surface area contributed by atoms with Gasteiger partial charge < -0.3 is 14.8 Å². The predicted octanol–water partition coefficient (Wildman–Crippen LogP) is 3.57. The first-order chi connectivity index (χ1) is 13.7. The molecule has 144 valence electrons. The molecule has 0 aliphatic carbocycles. The van der Waals surface area contributed by atoms with Gasteiger partial charge in [-0.15, -0.1) is 0 Å². The summed E-state index contributed by atoms with van der Waals surface area (Å²) in [6, 6.07) is 17.0. The first kappa shape index (κ1) is 19.4. The zero-order valence-corrected chi connectivity index (χ0v) is 15.9. The lowest BCUT2D eigenvalue weighted by Crippen LogP contribution is -2.30. The maximum absolute atomic E-state index is 12.9. The van der Waals surface area contributed by atoms with Crippen LogP contribution in [0.1, 0.15) is 29.3 Å². The molecule has 3 rings (SSSR count). The van der Waals surface area contributed by atoms with Crippen LogP contribution in [-0.2, 0) is 17.9 Å². The van der Waals surface area contributed by atoms with E-state index in [1.54, 1.807) is 41.7 Å². The van der Waals surface area contributed by atoms with E-state index < -0.39 is 0 Å². The maximum atomic E-state index is 12.9. The molecule has 0 saturated carbocycles. The van der Waals surface area contributed by atoms with Crippen LogP contribution >= 0.6 is 0 Å². The highest BCUT2D eigenvalue weighted by molar-refractivity contribution is 5.97. The Bertz CT molecular complexity index is 907. The summed E-state index contributed by atoms with van der Waals surface area (Å²) in [6.07, 6.45) is 5.52. The van der Waals surface area contributed by atoms with Crippen molar-refractivity contribution < 1.29 is 9.59 Å². The van der Waals surface area contributed by atoms with E-state index in [1.807, 2.05) is 48.0 Å². The van der Waals surface area contributed by atoms with Gasteiger partial charge in [0, 0.05) is 49.7 Å². The quantitative estimate of drug-likeness (QED) is 0.653. The van der Waals surface area contributed by atoms with E-state index in [0.717, 1.165) is 5.56 Å².